The Balaban J connectivity index is 1.38. The molecule has 0 unspecified atom stereocenters. The summed E-state index contributed by atoms with van der Waals surface area (Å²) >= 11 is 0. The highest BCUT2D eigenvalue weighted by atomic mass is 28.4. The van der Waals surface area contributed by atoms with Gasteiger partial charge in [0.05, 0.1) is 0 Å². The van der Waals surface area contributed by atoms with E-state index in [2.05, 4.69) is 187 Å². The van der Waals surface area contributed by atoms with Crippen molar-refractivity contribution in [3.8, 4) is 11.5 Å². The minimum absolute atomic E-state index is 0.223. The Morgan fingerprint density at radius 3 is 0.710 bits per heavy atom. The van der Waals surface area contributed by atoms with Crippen molar-refractivity contribution in [2.45, 2.75) is 41.5 Å². The molecule has 0 spiro atoms. The van der Waals surface area contributed by atoms with Gasteiger partial charge < -0.3 is 8.85 Å². The topological polar surface area (TPSA) is 52.6 Å². The number of carbonyl (C=O) groups is 2. The SMILES string of the molecule is Cc1ccc([Si](Oc2cc3c(cc2O[Si](c2ccc(C)cc2)(c2ccc(C)cc2)c2ccc(C)cc2)C(=O)c2ccccc2C3=O)(c2ccc(C)cc2)c2ccc(C)cc2)cc1. The molecular formula is C56H48O4Si2. The van der Waals surface area contributed by atoms with Crippen LogP contribution < -0.4 is 40.0 Å². The first-order valence-corrected chi connectivity index (χ1v) is 25.0. The smallest absolute Gasteiger partial charge is 0.347 e. The van der Waals surface area contributed by atoms with Crippen LogP contribution in [0.25, 0.3) is 0 Å². The van der Waals surface area contributed by atoms with Crippen LogP contribution in [0.2, 0.25) is 0 Å². The average Bonchev–Trinajstić information content (AvgIpc) is 3.28. The molecule has 0 radical (unpaired) electrons. The number of fused-ring (bicyclic) bond motifs is 2. The van der Waals surface area contributed by atoms with E-state index >= 15 is 0 Å². The molecule has 0 saturated heterocycles. The molecule has 62 heavy (non-hydrogen) atoms. The lowest BCUT2D eigenvalue weighted by atomic mass is 9.84. The van der Waals surface area contributed by atoms with Crippen LogP contribution in [0.15, 0.2) is 182 Å². The van der Waals surface area contributed by atoms with E-state index in [1.54, 1.807) is 36.4 Å². The lowest BCUT2D eigenvalue weighted by molar-refractivity contribution is 0.0978. The van der Waals surface area contributed by atoms with Crippen molar-refractivity contribution in [3.63, 3.8) is 0 Å². The van der Waals surface area contributed by atoms with Crippen molar-refractivity contribution in [3.05, 3.63) is 238 Å². The van der Waals surface area contributed by atoms with Gasteiger partial charge in [-0.2, -0.15) is 0 Å². The molecule has 8 aromatic carbocycles. The molecule has 304 valence electrons. The van der Waals surface area contributed by atoms with Gasteiger partial charge in [-0.1, -0.05) is 203 Å². The van der Waals surface area contributed by atoms with Crippen LogP contribution in [0.5, 0.6) is 11.5 Å². The van der Waals surface area contributed by atoms with Crippen molar-refractivity contribution in [1.29, 1.82) is 0 Å². The second-order valence-electron chi connectivity index (χ2n) is 16.8. The predicted molar refractivity (Wildman–Crippen MR) is 257 cm³/mol. The number of benzene rings is 8. The summed E-state index contributed by atoms with van der Waals surface area (Å²) in [6.45, 7) is 12.5. The molecule has 1 aliphatic rings. The first kappa shape index (κ1) is 40.5. The number of aryl methyl sites for hydroxylation is 6. The third kappa shape index (κ3) is 7.15. The van der Waals surface area contributed by atoms with Crippen LogP contribution in [-0.4, -0.2) is 28.2 Å². The Kier molecular flexibility index (Phi) is 10.6. The van der Waals surface area contributed by atoms with Crippen molar-refractivity contribution < 1.29 is 18.4 Å². The van der Waals surface area contributed by atoms with Gasteiger partial charge in [0.15, 0.2) is 11.6 Å². The first-order valence-electron chi connectivity index (χ1n) is 21.1. The van der Waals surface area contributed by atoms with Crippen LogP contribution in [0, 0.1) is 41.5 Å². The quantitative estimate of drug-likeness (QED) is 0.103. The Morgan fingerprint density at radius 1 is 0.290 bits per heavy atom. The molecular weight excluding hydrogens is 793 g/mol. The Bertz CT molecular complexity index is 2530. The molecule has 1 aliphatic carbocycles. The molecule has 0 aromatic heterocycles. The van der Waals surface area contributed by atoms with Crippen LogP contribution in [0.3, 0.4) is 0 Å². The van der Waals surface area contributed by atoms with E-state index in [1.165, 1.54) is 0 Å². The highest BCUT2D eigenvalue weighted by molar-refractivity contribution is 7.08. The molecule has 8 aromatic rings. The summed E-state index contributed by atoms with van der Waals surface area (Å²) in [6, 6.07) is 62.4. The minimum atomic E-state index is -3.52. The summed E-state index contributed by atoms with van der Waals surface area (Å²) in [6.07, 6.45) is 0. The van der Waals surface area contributed by atoms with Crippen molar-refractivity contribution in [1.82, 2.24) is 0 Å². The largest absolute Gasteiger partial charge is 0.528 e. The second kappa shape index (κ2) is 16.2. The van der Waals surface area contributed by atoms with E-state index < -0.39 is 16.6 Å². The van der Waals surface area contributed by atoms with Gasteiger partial charge in [0, 0.05) is 22.3 Å². The van der Waals surface area contributed by atoms with E-state index in [0.29, 0.717) is 33.8 Å². The van der Waals surface area contributed by atoms with Gasteiger partial charge in [-0.05, 0) is 84.8 Å². The van der Waals surface area contributed by atoms with Crippen LogP contribution in [0.4, 0.5) is 0 Å². The van der Waals surface area contributed by atoms with Gasteiger partial charge in [0.25, 0.3) is 0 Å². The fraction of sp³-hybridized carbons (Fsp3) is 0.107. The van der Waals surface area contributed by atoms with Gasteiger partial charge in [0.1, 0.15) is 11.5 Å². The maximum atomic E-state index is 14.6. The average molecular weight is 841 g/mol. The Hall–Kier alpha value is -6.87. The number of rotatable bonds is 10. The molecule has 9 rings (SSSR count). The maximum absolute atomic E-state index is 14.6. The predicted octanol–water partition coefficient (Wildman–Crippen LogP) is 8.40. The number of hydrogen-bond donors (Lipinski definition) is 0. The lowest BCUT2D eigenvalue weighted by Crippen LogP contribution is -2.72. The molecule has 4 nitrogen and oxygen atoms in total. The summed E-state index contributed by atoms with van der Waals surface area (Å²) in [5, 5.41) is 6.20. The summed E-state index contributed by atoms with van der Waals surface area (Å²) in [5.74, 6) is 0.361. The fourth-order valence-corrected chi connectivity index (χ4v) is 16.2. The molecule has 0 heterocycles. The minimum Gasteiger partial charge on any atom is -0.528 e. The highest BCUT2D eigenvalue weighted by Gasteiger charge is 2.48. The molecule has 0 bridgehead atoms. The van der Waals surface area contributed by atoms with E-state index in [0.717, 1.165) is 64.5 Å². The van der Waals surface area contributed by atoms with Crippen molar-refractivity contribution in [2.75, 3.05) is 0 Å². The second-order valence-corrected chi connectivity index (χ2v) is 23.4. The molecule has 0 aliphatic heterocycles. The highest BCUT2D eigenvalue weighted by Crippen LogP contribution is 2.39. The number of ketones is 2. The van der Waals surface area contributed by atoms with E-state index in [9.17, 15) is 9.59 Å². The van der Waals surface area contributed by atoms with Crippen LogP contribution >= 0.6 is 0 Å². The van der Waals surface area contributed by atoms with E-state index in [4.69, 9.17) is 8.85 Å². The maximum Gasteiger partial charge on any atom is 0.347 e. The zero-order valence-electron chi connectivity index (χ0n) is 36.0. The molecule has 0 atom stereocenters. The zero-order valence-corrected chi connectivity index (χ0v) is 38.0. The summed E-state index contributed by atoms with van der Waals surface area (Å²) in [4.78, 5) is 29.2. The van der Waals surface area contributed by atoms with Gasteiger partial charge in [-0.25, -0.2) is 0 Å². The summed E-state index contributed by atoms with van der Waals surface area (Å²) in [5.41, 5.74) is 8.16. The van der Waals surface area contributed by atoms with E-state index in [1.807, 2.05) is 0 Å². The summed E-state index contributed by atoms with van der Waals surface area (Å²) in [7, 11) is -7.03. The lowest BCUT2D eigenvalue weighted by Gasteiger charge is -2.38. The van der Waals surface area contributed by atoms with Gasteiger partial charge >= 0.3 is 16.6 Å². The van der Waals surface area contributed by atoms with E-state index in [-0.39, 0.29) is 11.6 Å². The molecule has 0 fully saturated rings. The Labute approximate surface area is 366 Å². The number of carbonyl (C=O) groups excluding carboxylic acids is 2. The molecule has 0 saturated carbocycles. The van der Waals surface area contributed by atoms with Crippen molar-refractivity contribution in [2.24, 2.45) is 0 Å². The molecule has 0 amide bonds. The molecule has 0 N–H and O–H groups in total. The Morgan fingerprint density at radius 2 is 0.500 bits per heavy atom. The van der Waals surface area contributed by atoms with Gasteiger partial charge in [-0.15, -0.1) is 0 Å². The number of hydrogen-bond acceptors (Lipinski definition) is 4. The fourth-order valence-electron chi connectivity index (χ4n) is 8.68. The van der Waals surface area contributed by atoms with Crippen LogP contribution in [-0.2, 0) is 0 Å². The third-order valence-electron chi connectivity index (χ3n) is 12.3. The summed E-state index contributed by atoms with van der Waals surface area (Å²) < 4.78 is 15.9. The van der Waals surface area contributed by atoms with Crippen molar-refractivity contribution >= 4 is 59.3 Å². The van der Waals surface area contributed by atoms with Gasteiger partial charge in [0.2, 0.25) is 0 Å². The van der Waals surface area contributed by atoms with Crippen LogP contribution in [0.1, 0.15) is 65.2 Å². The molecule has 6 heteroatoms. The normalized spacial score (nSPS) is 12.4. The zero-order chi connectivity index (χ0) is 43.2. The monoisotopic (exact) mass is 840 g/mol. The van der Waals surface area contributed by atoms with Gasteiger partial charge in [-0.3, -0.25) is 9.59 Å². The first-order chi connectivity index (χ1) is 30.0. The standard InChI is InChI=1S/C56H48O4Si2/c1-37-11-23-43(24-12-37)61(44-25-13-38(2)14-26-44,45-27-15-39(3)16-28-45)59-53-35-51-52(56(58)50-10-8-7-9-49(50)55(51)57)36-54(53)60-62(46-29-17-40(4)18-30-46,47-31-19-41(5)20-32-47)48-33-21-42(6)22-34-48/h7-36H,1-6H3. The third-order valence-corrected chi connectivity index (χ3v) is 20.2.